The molecular formula is C14H18N4O2. The van der Waals surface area contributed by atoms with Crippen LogP contribution >= 0.6 is 0 Å². The number of rotatable bonds is 2. The first-order valence-corrected chi connectivity index (χ1v) is 6.92. The lowest BCUT2D eigenvalue weighted by molar-refractivity contribution is -0.114. The summed E-state index contributed by atoms with van der Waals surface area (Å²) in [5.41, 5.74) is 2.97. The lowest BCUT2D eigenvalue weighted by atomic mass is 10.1. The number of carbonyl (C=O) groups is 1. The molecule has 1 saturated heterocycles. The molecule has 1 aliphatic rings. The minimum absolute atomic E-state index is 0.111. The van der Waals surface area contributed by atoms with Gasteiger partial charge in [0.15, 0.2) is 0 Å². The molecule has 106 valence electrons. The van der Waals surface area contributed by atoms with Gasteiger partial charge in [0.05, 0.1) is 22.4 Å². The van der Waals surface area contributed by atoms with E-state index in [1.54, 1.807) is 0 Å². The second kappa shape index (κ2) is 5.03. The van der Waals surface area contributed by atoms with E-state index in [2.05, 4.69) is 20.2 Å². The van der Waals surface area contributed by atoms with Gasteiger partial charge in [0.1, 0.15) is 0 Å². The van der Waals surface area contributed by atoms with Crippen molar-refractivity contribution < 1.29 is 4.79 Å². The third kappa shape index (κ3) is 2.41. The number of imidazole rings is 1. The predicted molar refractivity (Wildman–Crippen MR) is 79.3 cm³/mol. The predicted octanol–water partition coefficient (Wildman–Crippen LogP) is 1.80. The van der Waals surface area contributed by atoms with Gasteiger partial charge in [0.2, 0.25) is 5.91 Å². The number of nitrogens with zero attached hydrogens (tertiary/aromatic N) is 1. The number of nitrogens with one attached hydrogen (secondary N) is 3. The van der Waals surface area contributed by atoms with Gasteiger partial charge in [-0.2, -0.15) is 0 Å². The molecule has 2 aromatic rings. The first-order valence-electron chi connectivity index (χ1n) is 6.92. The summed E-state index contributed by atoms with van der Waals surface area (Å²) in [7, 11) is 0. The summed E-state index contributed by atoms with van der Waals surface area (Å²) in [6.07, 6.45) is 3.55. The van der Waals surface area contributed by atoms with E-state index in [-0.39, 0.29) is 11.6 Å². The van der Waals surface area contributed by atoms with Crippen LogP contribution in [-0.2, 0) is 4.79 Å². The molecule has 0 atom stereocenters. The average molecular weight is 274 g/mol. The van der Waals surface area contributed by atoms with E-state index in [9.17, 15) is 9.59 Å². The number of anilines is 2. The van der Waals surface area contributed by atoms with Crippen LogP contribution in [0.5, 0.6) is 0 Å². The standard InChI is InChI=1S/C14H18N4O2/c1-9(19)15-12-7-10-11(17-14(20)16-10)8-13(12)18-5-3-2-4-6-18/h7-8H,2-6H2,1H3,(H,15,19)(H2,16,17,20). The zero-order chi connectivity index (χ0) is 14.1. The molecule has 0 radical (unpaired) electrons. The summed E-state index contributed by atoms with van der Waals surface area (Å²) in [5, 5.41) is 2.86. The second-order valence-electron chi connectivity index (χ2n) is 5.22. The summed E-state index contributed by atoms with van der Waals surface area (Å²) in [6.45, 7) is 3.45. The normalized spacial score (nSPS) is 15.6. The van der Waals surface area contributed by atoms with Crippen molar-refractivity contribution in [1.29, 1.82) is 0 Å². The first-order chi connectivity index (χ1) is 9.63. The smallest absolute Gasteiger partial charge is 0.323 e. The lowest BCUT2D eigenvalue weighted by Crippen LogP contribution is -2.30. The zero-order valence-electron chi connectivity index (χ0n) is 11.5. The highest BCUT2D eigenvalue weighted by Gasteiger charge is 2.17. The van der Waals surface area contributed by atoms with E-state index in [1.807, 2.05) is 12.1 Å². The van der Waals surface area contributed by atoms with Crippen molar-refractivity contribution in [3.8, 4) is 0 Å². The fraction of sp³-hybridized carbons (Fsp3) is 0.429. The molecule has 1 aromatic carbocycles. The molecule has 0 spiro atoms. The second-order valence-corrected chi connectivity index (χ2v) is 5.22. The summed E-state index contributed by atoms with van der Waals surface area (Å²) in [5.74, 6) is -0.111. The minimum Gasteiger partial charge on any atom is -0.370 e. The van der Waals surface area contributed by atoms with Gasteiger partial charge in [-0.3, -0.25) is 4.79 Å². The fourth-order valence-electron chi connectivity index (χ4n) is 2.76. The van der Waals surface area contributed by atoms with Gasteiger partial charge in [-0.1, -0.05) is 0 Å². The maximum atomic E-state index is 11.4. The molecule has 1 fully saturated rings. The number of aromatic amines is 2. The fourth-order valence-corrected chi connectivity index (χ4v) is 2.76. The highest BCUT2D eigenvalue weighted by molar-refractivity contribution is 5.97. The van der Waals surface area contributed by atoms with Crippen LogP contribution in [-0.4, -0.2) is 29.0 Å². The number of H-pyrrole nitrogens is 2. The van der Waals surface area contributed by atoms with Crippen LogP contribution in [0.4, 0.5) is 11.4 Å². The Morgan fingerprint density at radius 3 is 2.45 bits per heavy atom. The number of amides is 1. The quantitative estimate of drug-likeness (QED) is 0.781. The molecule has 2 heterocycles. The van der Waals surface area contributed by atoms with Crippen LogP contribution in [0, 0.1) is 0 Å². The van der Waals surface area contributed by atoms with E-state index < -0.39 is 0 Å². The Bertz CT molecular complexity index is 695. The zero-order valence-corrected chi connectivity index (χ0v) is 11.5. The van der Waals surface area contributed by atoms with E-state index in [1.165, 1.54) is 13.3 Å². The number of hydrogen-bond acceptors (Lipinski definition) is 3. The van der Waals surface area contributed by atoms with Crippen molar-refractivity contribution in [2.45, 2.75) is 26.2 Å². The lowest BCUT2D eigenvalue weighted by Gasteiger charge is -2.30. The van der Waals surface area contributed by atoms with Crippen molar-refractivity contribution in [2.75, 3.05) is 23.3 Å². The highest BCUT2D eigenvalue weighted by Crippen LogP contribution is 2.31. The van der Waals surface area contributed by atoms with Gasteiger partial charge < -0.3 is 20.2 Å². The Balaban J connectivity index is 2.09. The van der Waals surface area contributed by atoms with Gasteiger partial charge in [-0.25, -0.2) is 4.79 Å². The van der Waals surface area contributed by atoms with Crippen molar-refractivity contribution in [3.63, 3.8) is 0 Å². The molecule has 1 aromatic heterocycles. The van der Waals surface area contributed by atoms with Crippen LogP contribution in [0.1, 0.15) is 26.2 Å². The van der Waals surface area contributed by atoms with Crippen LogP contribution < -0.4 is 15.9 Å². The van der Waals surface area contributed by atoms with E-state index in [0.717, 1.165) is 42.8 Å². The maximum Gasteiger partial charge on any atom is 0.323 e. The van der Waals surface area contributed by atoms with Crippen molar-refractivity contribution in [3.05, 3.63) is 22.6 Å². The molecule has 6 nitrogen and oxygen atoms in total. The first kappa shape index (κ1) is 12.8. The molecule has 3 N–H and O–H groups in total. The summed E-state index contributed by atoms with van der Waals surface area (Å²) >= 11 is 0. The summed E-state index contributed by atoms with van der Waals surface area (Å²) < 4.78 is 0. The Hall–Kier alpha value is -2.24. The third-order valence-corrected chi connectivity index (χ3v) is 3.64. The van der Waals surface area contributed by atoms with Crippen LogP contribution in [0.15, 0.2) is 16.9 Å². The minimum atomic E-state index is -0.232. The molecule has 1 aliphatic heterocycles. The van der Waals surface area contributed by atoms with Gasteiger partial charge in [0, 0.05) is 20.0 Å². The van der Waals surface area contributed by atoms with Crippen LogP contribution in [0.3, 0.4) is 0 Å². The number of carbonyl (C=O) groups excluding carboxylic acids is 1. The Morgan fingerprint density at radius 1 is 1.15 bits per heavy atom. The molecule has 6 heteroatoms. The van der Waals surface area contributed by atoms with Crippen LogP contribution in [0.25, 0.3) is 11.0 Å². The summed E-state index contributed by atoms with van der Waals surface area (Å²) in [4.78, 5) is 30.5. The van der Waals surface area contributed by atoms with Gasteiger partial charge in [-0.15, -0.1) is 0 Å². The molecule has 0 saturated carbocycles. The number of hydrogen-bond donors (Lipinski definition) is 3. The molecule has 20 heavy (non-hydrogen) atoms. The molecule has 1 amide bonds. The van der Waals surface area contributed by atoms with Crippen molar-refractivity contribution in [1.82, 2.24) is 9.97 Å². The van der Waals surface area contributed by atoms with Crippen LogP contribution in [0.2, 0.25) is 0 Å². The number of fused-ring (bicyclic) bond motifs is 1. The highest BCUT2D eigenvalue weighted by atomic mass is 16.1. The molecule has 0 unspecified atom stereocenters. The van der Waals surface area contributed by atoms with E-state index in [0.29, 0.717) is 5.52 Å². The van der Waals surface area contributed by atoms with Gasteiger partial charge in [0.25, 0.3) is 0 Å². The third-order valence-electron chi connectivity index (χ3n) is 3.64. The topological polar surface area (TPSA) is 81.0 Å². The summed E-state index contributed by atoms with van der Waals surface area (Å²) in [6, 6.07) is 3.75. The monoisotopic (exact) mass is 274 g/mol. The molecule has 0 bridgehead atoms. The maximum absolute atomic E-state index is 11.4. The Kier molecular flexibility index (Phi) is 3.22. The van der Waals surface area contributed by atoms with E-state index in [4.69, 9.17) is 0 Å². The molecule has 0 aliphatic carbocycles. The SMILES string of the molecule is CC(=O)Nc1cc2[nH]c(=O)[nH]c2cc1N1CCCCC1. The van der Waals surface area contributed by atoms with Gasteiger partial charge >= 0.3 is 5.69 Å². The Morgan fingerprint density at radius 2 is 1.80 bits per heavy atom. The number of aromatic nitrogens is 2. The van der Waals surface area contributed by atoms with Crippen molar-refractivity contribution in [2.24, 2.45) is 0 Å². The van der Waals surface area contributed by atoms with Gasteiger partial charge in [-0.05, 0) is 31.4 Å². The van der Waals surface area contributed by atoms with E-state index >= 15 is 0 Å². The Labute approximate surface area is 116 Å². The number of piperidine rings is 1. The molecule has 3 rings (SSSR count). The average Bonchev–Trinajstić information content (AvgIpc) is 2.77. The molecular weight excluding hydrogens is 256 g/mol. The van der Waals surface area contributed by atoms with Crippen molar-refractivity contribution >= 4 is 28.3 Å². The number of benzene rings is 1. The largest absolute Gasteiger partial charge is 0.370 e.